The van der Waals surface area contributed by atoms with Gasteiger partial charge in [-0.1, -0.05) is 78.5 Å². The summed E-state index contributed by atoms with van der Waals surface area (Å²) in [7, 11) is 0. The van der Waals surface area contributed by atoms with Gasteiger partial charge in [-0.2, -0.15) is 0 Å². The van der Waals surface area contributed by atoms with E-state index in [1.165, 1.54) is 25.7 Å². The normalized spacial score (nSPS) is 15.8. The number of rotatable bonds is 7. The molecule has 2 aromatic carbocycles. The van der Waals surface area contributed by atoms with Crippen molar-refractivity contribution in [3.8, 4) is 34.3 Å². The Morgan fingerprint density at radius 1 is 0.975 bits per heavy atom. The molecule has 0 bridgehead atoms. The Bertz CT molecular complexity index is 1560. The molecule has 202 valence electrons. The molecule has 6 rings (SSSR count). The van der Waals surface area contributed by atoms with E-state index in [9.17, 15) is 4.79 Å². The number of aromatic nitrogens is 2. The minimum atomic E-state index is -0.449. The minimum absolute atomic E-state index is 0.107. The third-order valence-electron chi connectivity index (χ3n) is 8.24. The first-order valence-electron chi connectivity index (χ1n) is 14.4. The number of nitrogens with zero attached hydrogens (tertiary/aromatic N) is 2. The zero-order chi connectivity index (χ0) is 27.5. The quantitative estimate of drug-likeness (QED) is 0.184. The van der Waals surface area contributed by atoms with Crippen molar-refractivity contribution < 1.29 is 14.1 Å². The van der Waals surface area contributed by atoms with Crippen LogP contribution < -0.4 is 0 Å². The molecule has 0 amide bonds. The molecule has 2 aliphatic carbocycles. The van der Waals surface area contributed by atoms with Crippen molar-refractivity contribution >= 4 is 5.97 Å². The molecule has 0 aliphatic heterocycles. The van der Waals surface area contributed by atoms with Crippen molar-refractivity contribution in [2.24, 2.45) is 5.92 Å². The number of aryl methyl sites for hydroxylation is 1. The molecule has 5 nitrogen and oxygen atoms in total. The number of pyridine rings is 1. The SMILES string of the molecule is CCOC(=O)C1(c2ccc(-c3ccc(-c4onc(C)c4Cc4cccc(C#CC5CCCC5)n4)cc3)cc2)CC1. The van der Waals surface area contributed by atoms with Crippen LogP contribution in [0.3, 0.4) is 0 Å². The van der Waals surface area contributed by atoms with Gasteiger partial charge in [0.05, 0.1) is 17.7 Å². The highest BCUT2D eigenvalue weighted by Crippen LogP contribution is 2.49. The van der Waals surface area contributed by atoms with Gasteiger partial charge in [0.1, 0.15) is 5.69 Å². The standard InChI is InChI=1S/C35H34N2O3/c1-3-39-34(38)35(21-22-35)29-18-16-27(17-19-29)26-12-14-28(15-13-26)33-32(24(2)37-40-33)23-31-10-6-9-30(36-31)20-11-25-7-4-5-8-25/h6,9-10,12-19,25H,3-5,7-8,21-23H2,1-2H3. The lowest BCUT2D eigenvalue weighted by Crippen LogP contribution is -2.23. The van der Waals surface area contributed by atoms with Crippen molar-refractivity contribution in [1.29, 1.82) is 0 Å². The fourth-order valence-corrected chi connectivity index (χ4v) is 5.70. The van der Waals surface area contributed by atoms with E-state index < -0.39 is 5.41 Å². The van der Waals surface area contributed by atoms with Gasteiger partial charge in [0, 0.05) is 29.2 Å². The lowest BCUT2D eigenvalue weighted by Gasteiger charge is -2.14. The molecule has 0 radical (unpaired) electrons. The smallest absolute Gasteiger partial charge is 0.316 e. The number of carbonyl (C=O) groups excluding carboxylic acids is 1. The van der Waals surface area contributed by atoms with Crippen LogP contribution in [0.4, 0.5) is 0 Å². The first-order valence-corrected chi connectivity index (χ1v) is 14.4. The lowest BCUT2D eigenvalue weighted by atomic mass is 9.93. The number of esters is 1. The maximum Gasteiger partial charge on any atom is 0.316 e. The van der Waals surface area contributed by atoms with E-state index in [-0.39, 0.29) is 5.97 Å². The molecule has 0 spiro atoms. The summed E-state index contributed by atoms with van der Waals surface area (Å²) < 4.78 is 11.1. The van der Waals surface area contributed by atoms with E-state index in [2.05, 4.69) is 65.5 Å². The molecular weight excluding hydrogens is 496 g/mol. The highest BCUT2D eigenvalue weighted by atomic mass is 16.5. The zero-order valence-corrected chi connectivity index (χ0v) is 23.2. The molecule has 2 aliphatic rings. The number of ether oxygens (including phenoxy) is 1. The predicted octanol–water partition coefficient (Wildman–Crippen LogP) is 7.44. The van der Waals surface area contributed by atoms with Crippen LogP contribution in [0.2, 0.25) is 0 Å². The average Bonchev–Trinajstić information content (AvgIpc) is 3.49. The molecule has 2 saturated carbocycles. The summed E-state index contributed by atoms with van der Waals surface area (Å²) in [6, 6.07) is 22.7. The van der Waals surface area contributed by atoms with Crippen LogP contribution in [-0.2, 0) is 21.4 Å². The maximum atomic E-state index is 12.4. The van der Waals surface area contributed by atoms with Gasteiger partial charge in [-0.05, 0) is 74.3 Å². The van der Waals surface area contributed by atoms with E-state index in [0.29, 0.717) is 18.9 Å². The van der Waals surface area contributed by atoms with Gasteiger partial charge in [-0.15, -0.1) is 0 Å². The van der Waals surface area contributed by atoms with Crippen LogP contribution in [0.5, 0.6) is 0 Å². The van der Waals surface area contributed by atoms with Gasteiger partial charge >= 0.3 is 5.97 Å². The van der Waals surface area contributed by atoms with Crippen LogP contribution in [0.25, 0.3) is 22.5 Å². The Morgan fingerprint density at radius 2 is 1.65 bits per heavy atom. The van der Waals surface area contributed by atoms with Gasteiger partial charge in [0.15, 0.2) is 5.76 Å². The Balaban J connectivity index is 1.18. The number of carbonyl (C=O) groups is 1. The Labute approximate surface area is 236 Å². The summed E-state index contributed by atoms with van der Waals surface area (Å²) in [6.45, 7) is 4.24. The van der Waals surface area contributed by atoms with Crippen molar-refractivity contribution in [2.45, 2.75) is 64.2 Å². The summed E-state index contributed by atoms with van der Waals surface area (Å²) in [5, 5.41) is 4.28. The highest BCUT2D eigenvalue weighted by Gasteiger charge is 2.52. The second-order valence-electron chi connectivity index (χ2n) is 11.0. The predicted molar refractivity (Wildman–Crippen MR) is 156 cm³/mol. The number of benzene rings is 2. The second kappa shape index (κ2) is 11.1. The van der Waals surface area contributed by atoms with Gasteiger partial charge < -0.3 is 9.26 Å². The van der Waals surface area contributed by atoms with Crippen molar-refractivity contribution in [3.05, 3.63) is 94.9 Å². The van der Waals surface area contributed by atoms with Gasteiger partial charge in [-0.3, -0.25) is 4.79 Å². The van der Waals surface area contributed by atoms with Crippen LogP contribution >= 0.6 is 0 Å². The molecule has 2 heterocycles. The van der Waals surface area contributed by atoms with E-state index in [4.69, 9.17) is 14.2 Å². The fraction of sp³-hybridized carbons (Fsp3) is 0.343. The Hall–Kier alpha value is -4.17. The molecule has 40 heavy (non-hydrogen) atoms. The van der Waals surface area contributed by atoms with E-state index in [1.807, 2.05) is 32.0 Å². The van der Waals surface area contributed by atoms with Crippen LogP contribution in [0.15, 0.2) is 71.3 Å². The van der Waals surface area contributed by atoms with Crippen molar-refractivity contribution in [3.63, 3.8) is 0 Å². The molecule has 0 saturated heterocycles. The van der Waals surface area contributed by atoms with Crippen molar-refractivity contribution in [2.75, 3.05) is 6.61 Å². The largest absolute Gasteiger partial charge is 0.465 e. The molecule has 2 aromatic heterocycles. The van der Waals surface area contributed by atoms with E-state index in [0.717, 1.165) is 63.5 Å². The Kier molecular flexibility index (Phi) is 7.26. The van der Waals surface area contributed by atoms with Gasteiger partial charge in [-0.25, -0.2) is 4.98 Å². The summed E-state index contributed by atoms with van der Waals surface area (Å²) >= 11 is 0. The number of hydrogen-bond acceptors (Lipinski definition) is 5. The fourth-order valence-electron chi connectivity index (χ4n) is 5.70. The summed E-state index contributed by atoms with van der Waals surface area (Å²) in [5.74, 6) is 7.88. The maximum absolute atomic E-state index is 12.4. The van der Waals surface area contributed by atoms with E-state index >= 15 is 0 Å². The summed E-state index contributed by atoms with van der Waals surface area (Å²) in [6.07, 6.45) is 7.32. The lowest BCUT2D eigenvalue weighted by molar-refractivity contribution is -0.146. The molecule has 4 aromatic rings. The third kappa shape index (κ3) is 5.31. The van der Waals surface area contributed by atoms with Gasteiger partial charge in [0.25, 0.3) is 0 Å². The van der Waals surface area contributed by atoms with Gasteiger partial charge in [0.2, 0.25) is 0 Å². The second-order valence-corrected chi connectivity index (χ2v) is 11.0. The summed E-state index contributed by atoms with van der Waals surface area (Å²) in [4.78, 5) is 17.3. The van der Waals surface area contributed by atoms with Crippen LogP contribution in [0, 0.1) is 24.7 Å². The van der Waals surface area contributed by atoms with Crippen LogP contribution in [0.1, 0.15) is 73.7 Å². The van der Waals surface area contributed by atoms with Crippen molar-refractivity contribution in [1.82, 2.24) is 10.1 Å². The van der Waals surface area contributed by atoms with Crippen LogP contribution in [-0.4, -0.2) is 22.7 Å². The monoisotopic (exact) mass is 530 g/mol. The first kappa shape index (κ1) is 26.1. The highest BCUT2D eigenvalue weighted by molar-refractivity contribution is 5.87. The molecule has 0 N–H and O–H groups in total. The Morgan fingerprint density at radius 3 is 2.33 bits per heavy atom. The molecular formula is C35H34N2O3. The third-order valence-corrected chi connectivity index (χ3v) is 8.24. The zero-order valence-electron chi connectivity index (χ0n) is 23.2. The number of hydrogen-bond donors (Lipinski definition) is 0. The summed E-state index contributed by atoms with van der Waals surface area (Å²) in [5.41, 5.74) is 7.46. The molecule has 2 fully saturated rings. The topological polar surface area (TPSA) is 65.2 Å². The minimum Gasteiger partial charge on any atom is -0.465 e. The first-order chi connectivity index (χ1) is 19.6. The van der Waals surface area contributed by atoms with E-state index in [1.54, 1.807) is 0 Å². The average molecular weight is 531 g/mol. The molecule has 0 atom stereocenters. The molecule has 5 heteroatoms. The molecule has 0 unspecified atom stereocenters.